The minimum Gasteiger partial charge on any atom is -0.373 e. The molecule has 22 heavy (non-hydrogen) atoms. The third-order valence-corrected chi connectivity index (χ3v) is 4.39. The maximum absolute atomic E-state index is 12.4. The number of aryl methyl sites for hydroxylation is 1. The molecule has 0 N–H and O–H groups in total. The van der Waals surface area contributed by atoms with Crippen LogP contribution in [-0.4, -0.2) is 71.4 Å². The van der Waals surface area contributed by atoms with Crippen molar-refractivity contribution in [3.63, 3.8) is 0 Å². The number of hydrogen-bond donors (Lipinski definition) is 0. The van der Waals surface area contributed by atoms with Crippen LogP contribution in [-0.2, 0) is 23.0 Å². The summed E-state index contributed by atoms with van der Waals surface area (Å²) in [4.78, 5) is 16.7. The largest absolute Gasteiger partial charge is 0.373 e. The van der Waals surface area contributed by atoms with Gasteiger partial charge in [0, 0.05) is 39.4 Å². The van der Waals surface area contributed by atoms with Crippen molar-refractivity contribution >= 4 is 5.91 Å². The van der Waals surface area contributed by atoms with Gasteiger partial charge < -0.3 is 14.5 Å². The first-order chi connectivity index (χ1) is 10.6. The molecule has 0 spiro atoms. The molecule has 2 fully saturated rings. The minimum absolute atomic E-state index is 0.135. The Morgan fingerprint density at radius 2 is 2.27 bits per heavy atom. The van der Waals surface area contributed by atoms with Gasteiger partial charge in [0.15, 0.2) is 0 Å². The standard InChI is InChI=1S/C16H26N4O2/c1-18(9-13-3-4-13)11-15-12-20(5-6-22-15)16(21)7-14-8-17-19(2)10-14/h8,10,13,15H,3-7,9,11-12H2,1-2H3/t15-/m1/s1. The third kappa shape index (κ3) is 4.30. The van der Waals surface area contributed by atoms with E-state index in [1.54, 1.807) is 10.9 Å². The first kappa shape index (κ1) is 15.5. The summed E-state index contributed by atoms with van der Waals surface area (Å²) >= 11 is 0. The molecule has 1 aliphatic carbocycles. The Bertz CT molecular complexity index is 512. The van der Waals surface area contributed by atoms with Crippen LogP contribution < -0.4 is 0 Å². The maximum atomic E-state index is 12.4. The quantitative estimate of drug-likeness (QED) is 0.769. The normalized spacial score (nSPS) is 22.3. The van der Waals surface area contributed by atoms with E-state index < -0.39 is 0 Å². The van der Waals surface area contributed by atoms with E-state index in [1.165, 1.54) is 12.8 Å². The van der Waals surface area contributed by atoms with Crippen LogP contribution in [0.3, 0.4) is 0 Å². The van der Waals surface area contributed by atoms with Crippen molar-refractivity contribution in [3.05, 3.63) is 18.0 Å². The predicted molar refractivity (Wildman–Crippen MR) is 83.5 cm³/mol. The molecule has 0 unspecified atom stereocenters. The zero-order chi connectivity index (χ0) is 15.5. The van der Waals surface area contributed by atoms with Gasteiger partial charge >= 0.3 is 0 Å². The van der Waals surface area contributed by atoms with Gasteiger partial charge in [-0.15, -0.1) is 0 Å². The van der Waals surface area contributed by atoms with Crippen molar-refractivity contribution in [2.75, 3.05) is 39.8 Å². The molecule has 6 nitrogen and oxygen atoms in total. The Labute approximate surface area is 132 Å². The molecule has 3 rings (SSSR count). The van der Waals surface area contributed by atoms with Crippen LogP contribution in [0.5, 0.6) is 0 Å². The molecule has 1 saturated heterocycles. The fourth-order valence-corrected chi connectivity index (χ4v) is 3.07. The SMILES string of the molecule is CN(CC1CC1)C[C@@H]1CN(C(=O)Cc2cnn(C)c2)CCO1. The van der Waals surface area contributed by atoms with Crippen molar-refractivity contribution < 1.29 is 9.53 Å². The van der Waals surface area contributed by atoms with E-state index >= 15 is 0 Å². The maximum Gasteiger partial charge on any atom is 0.227 e. The number of likely N-dealkylation sites (N-methyl/N-ethyl adjacent to an activating group) is 1. The zero-order valence-electron chi connectivity index (χ0n) is 13.6. The number of carbonyl (C=O) groups is 1. The minimum atomic E-state index is 0.135. The Morgan fingerprint density at radius 1 is 1.45 bits per heavy atom. The first-order valence-corrected chi connectivity index (χ1v) is 8.15. The Kier molecular flexibility index (Phi) is 4.78. The number of amides is 1. The van der Waals surface area contributed by atoms with Gasteiger partial charge in [-0.1, -0.05) is 0 Å². The van der Waals surface area contributed by atoms with E-state index in [0.29, 0.717) is 26.1 Å². The summed E-state index contributed by atoms with van der Waals surface area (Å²) in [6.45, 7) is 4.10. The van der Waals surface area contributed by atoms with Crippen LogP contribution in [0.25, 0.3) is 0 Å². The molecule has 1 aromatic rings. The second-order valence-corrected chi connectivity index (χ2v) is 6.70. The number of morpholine rings is 1. The summed E-state index contributed by atoms with van der Waals surface area (Å²) in [7, 11) is 4.02. The second-order valence-electron chi connectivity index (χ2n) is 6.70. The highest BCUT2D eigenvalue weighted by Gasteiger charge is 2.27. The molecule has 1 atom stereocenters. The fourth-order valence-electron chi connectivity index (χ4n) is 3.07. The van der Waals surface area contributed by atoms with E-state index in [0.717, 1.165) is 24.6 Å². The molecular formula is C16H26N4O2. The summed E-state index contributed by atoms with van der Waals surface area (Å²) in [5.41, 5.74) is 0.974. The van der Waals surface area contributed by atoms with Gasteiger partial charge in [-0.05, 0) is 31.4 Å². The van der Waals surface area contributed by atoms with Crippen LogP contribution in [0, 0.1) is 5.92 Å². The fraction of sp³-hybridized carbons (Fsp3) is 0.750. The second kappa shape index (κ2) is 6.79. The molecule has 1 saturated carbocycles. The average Bonchev–Trinajstić information content (AvgIpc) is 3.20. The molecule has 2 aliphatic rings. The molecular weight excluding hydrogens is 280 g/mol. The number of nitrogens with zero attached hydrogens (tertiary/aromatic N) is 4. The van der Waals surface area contributed by atoms with E-state index in [-0.39, 0.29) is 12.0 Å². The zero-order valence-corrected chi connectivity index (χ0v) is 13.6. The molecule has 0 aromatic carbocycles. The smallest absolute Gasteiger partial charge is 0.227 e. The highest BCUT2D eigenvalue weighted by molar-refractivity contribution is 5.78. The van der Waals surface area contributed by atoms with Crippen molar-refractivity contribution in [3.8, 4) is 0 Å². The molecule has 1 amide bonds. The molecule has 6 heteroatoms. The van der Waals surface area contributed by atoms with Gasteiger partial charge in [-0.3, -0.25) is 9.48 Å². The van der Waals surface area contributed by atoms with Crippen molar-refractivity contribution in [2.24, 2.45) is 13.0 Å². The highest BCUT2D eigenvalue weighted by Crippen LogP contribution is 2.29. The van der Waals surface area contributed by atoms with E-state index in [9.17, 15) is 4.79 Å². The van der Waals surface area contributed by atoms with Gasteiger partial charge in [0.1, 0.15) is 0 Å². The van der Waals surface area contributed by atoms with Crippen LogP contribution in [0.1, 0.15) is 18.4 Å². The number of carbonyl (C=O) groups excluding carboxylic acids is 1. The Balaban J connectivity index is 1.47. The lowest BCUT2D eigenvalue weighted by Gasteiger charge is -2.35. The number of aromatic nitrogens is 2. The summed E-state index contributed by atoms with van der Waals surface area (Å²) in [6, 6.07) is 0. The number of rotatable bonds is 6. The lowest BCUT2D eigenvalue weighted by molar-refractivity contribution is -0.138. The number of hydrogen-bond acceptors (Lipinski definition) is 4. The summed E-state index contributed by atoms with van der Waals surface area (Å²) in [5.74, 6) is 1.06. The molecule has 1 aliphatic heterocycles. The molecule has 122 valence electrons. The van der Waals surface area contributed by atoms with Crippen LogP contribution in [0.15, 0.2) is 12.4 Å². The van der Waals surface area contributed by atoms with Crippen molar-refractivity contribution in [2.45, 2.75) is 25.4 Å². The molecule has 2 heterocycles. The van der Waals surface area contributed by atoms with Gasteiger partial charge in [0.25, 0.3) is 0 Å². The predicted octanol–water partition coefficient (Wildman–Crippen LogP) is 0.532. The van der Waals surface area contributed by atoms with E-state index in [2.05, 4.69) is 17.0 Å². The highest BCUT2D eigenvalue weighted by atomic mass is 16.5. The topological polar surface area (TPSA) is 50.6 Å². The van der Waals surface area contributed by atoms with Crippen molar-refractivity contribution in [1.82, 2.24) is 19.6 Å². The lowest BCUT2D eigenvalue weighted by atomic mass is 10.2. The molecule has 0 bridgehead atoms. The third-order valence-electron chi connectivity index (χ3n) is 4.39. The van der Waals surface area contributed by atoms with E-state index in [4.69, 9.17) is 4.74 Å². The van der Waals surface area contributed by atoms with Gasteiger partial charge in [-0.2, -0.15) is 5.10 Å². The van der Waals surface area contributed by atoms with Crippen LogP contribution in [0.4, 0.5) is 0 Å². The monoisotopic (exact) mass is 306 g/mol. The Hall–Kier alpha value is -1.40. The molecule has 1 aromatic heterocycles. The van der Waals surface area contributed by atoms with Gasteiger partial charge in [0.2, 0.25) is 5.91 Å². The first-order valence-electron chi connectivity index (χ1n) is 8.15. The average molecular weight is 306 g/mol. The summed E-state index contributed by atoms with van der Waals surface area (Å²) in [5, 5.41) is 4.12. The van der Waals surface area contributed by atoms with Crippen LogP contribution in [0.2, 0.25) is 0 Å². The number of ether oxygens (including phenoxy) is 1. The Morgan fingerprint density at radius 3 is 2.95 bits per heavy atom. The van der Waals surface area contributed by atoms with Gasteiger partial charge in [-0.25, -0.2) is 0 Å². The van der Waals surface area contributed by atoms with E-state index in [1.807, 2.05) is 18.1 Å². The van der Waals surface area contributed by atoms with Crippen LogP contribution >= 0.6 is 0 Å². The summed E-state index contributed by atoms with van der Waals surface area (Å²) < 4.78 is 7.57. The lowest BCUT2D eigenvalue weighted by Crippen LogP contribution is -2.49. The van der Waals surface area contributed by atoms with Gasteiger partial charge in [0.05, 0.1) is 25.3 Å². The van der Waals surface area contributed by atoms with Crippen molar-refractivity contribution in [1.29, 1.82) is 0 Å². The summed E-state index contributed by atoms with van der Waals surface area (Å²) in [6.07, 6.45) is 6.96. The molecule has 0 radical (unpaired) electrons.